The second-order valence-electron chi connectivity index (χ2n) is 7.41. The van der Waals surface area contributed by atoms with Gasteiger partial charge in [0, 0.05) is 35.8 Å². The molecule has 0 aliphatic heterocycles. The molecule has 33 heavy (non-hydrogen) atoms. The Morgan fingerprint density at radius 1 is 1.00 bits per heavy atom. The largest absolute Gasteiger partial charge is 0.381 e. The number of halogens is 5. The van der Waals surface area contributed by atoms with E-state index in [1.165, 1.54) is 12.3 Å². The minimum absolute atomic E-state index is 0.122. The molecule has 0 bridgehead atoms. The monoisotopic (exact) mass is 470 g/mol. The van der Waals surface area contributed by atoms with Gasteiger partial charge in [0.1, 0.15) is 5.82 Å². The Kier molecular flexibility index (Phi) is 8.01. The van der Waals surface area contributed by atoms with Gasteiger partial charge in [-0.2, -0.15) is 5.48 Å². The summed E-state index contributed by atoms with van der Waals surface area (Å²) in [4.78, 5) is 22.6. The average Bonchev–Trinajstić information content (AvgIpc) is 2.80. The minimum Gasteiger partial charge on any atom is -0.381 e. The van der Waals surface area contributed by atoms with E-state index in [9.17, 15) is 26.7 Å². The van der Waals surface area contributed by atoms with Crippen molar-refractivity contribution in [1.29, 1.82) is 0 Å². The lowest BCUT2D eigenvalue weighted by molar-refractivity contribution is 0.0213. The van der Waals surface area contributed by atoms with E-state index < -0.39 is 46.7 Å². The highest BCUT2D eigenvalue weighted by molar-refractivity contribution is 5.82. The van der Waals surface area contributed by atoms with Gasteiger partial charge in [0.15, 0.2) is 28.7 Å². The maximum atomic E-state index is 14.5. The second-order valence-corrected chi connectivity index (χ2v) is 7.41. The SMILES string of the molecule is CCN(C)CCNc1cc2[nH]cc(CNOCc3cc(F)c(F)c(F)c3F)c(=O)c2cc1F. The van der Waals surface area contributed by atoms with Crippen LogP contribution in [0.1, 0.15) is 18.1 Å². The number of benzene rings is 2. The van der Waals surface area contributed by atoms with Gasteiger partial charge in [-0.15, -0.1) is 0 Å². The predicted octanol–water partition coefficient (Wildman–Crippen LogP) is 3.81. The number of aromatic amines is 1. The van der Waals surface area contributed by atoms with Crippen molar-refractivity contribution in [2.45, 2.75) is 20.1 Å². The number of pyridine rings is 1. The molecule has 2 aromatic carbocycles. The van der Waals surface area contributed by atoms with Crippen LogP contribution >= 0.6 is 0 Å². The predicted molar refractivity (Wildman–Crippen MR) is 114 cm³/mol. The fourth-order valence-corrected chi connectivity index (χ4v) is 3.07. The van der Waals surface area contributed by atoms with Crippen molar-refractivity contribution in [3.8, 4) is 0 Å². The van der Waals surface area contributed by atoms with Crippen LogP contribution in [0, 0.1) is 29.1 Å². The molecule has 3 N–H and O–H groups in total. The van der Waals surface area contributed by atoms with Gasteiger partial charge in [-0.25, -0.2) is 22.0 Å². The van der Waals surface area contributed by atoms with E-state index in [4.69, 9.17) is 4.84 Å². The van der Waals surface area contributed by atoms with Crippen molar-refractivity contribution in [3.05, 3.63) is 74.8 Å². The summed E-state index contributed by atoms with van der Waals surface area (Å²) >= 11 is 0. The number of aromatic nitrogens is 1. The summed E-state index contributed by atoms with van der Waals surface area (Å²) in [5, 5.41) is 3.12. The van der Waals surface area contributed by atoms with Crippen LogP contribution in [0.2, 0.25) is 0 Å². The first kappa shape index (κ1) is 24.6. The number of fused-ring (bicyclic) bond motifs is 1. The molecule has 0 saturated heterocycles. The fraction of sp³-hybridized carbons (Fsp3) is 0.318. The van der Waals surface area contributed by atoms with E-state index in [1.807, 2.05) is 14.0 Å². The van der Waals surface area contributed by atoms with Crippen molar-refractivity contribution in [2.24, 2.45) is 0 Å². The lowest BCUT2D eigenvalue weighted by Gasteiger charge is -2.15. The Bertz CT molecular complexity index is 1200. The van der Waals surface area contributed by atoms with Crippen molar-refractivity contribution < 1.29 is 26.8 Å². The molecule has 1 heterocycles. The molecular weight excluding hydrogens is 447 g/mol. The van der Waals surface area contributed by atoms with Crippen molar-refractivity contribution in [3.63, 3.8) is 0 Å². The van der Waals surface area contributed by atoms with Crippen LogP contribution in [-0.2, 0) is 18.0 Å². The normalized spacial score (nSPS) is 11.5. The maximum absolute atomic E-state index is 14.5. The molecule has 0 aliphatic rings. The smallest absolute Gasteiger partial charge is 0.197 e. The van der Waals surface area contributed by atoms with Crippen molar-refractivity contribution >= 4 is 16.6 Å². The summed E-state index contributed by atoms with van der Waals surface area (Å²) < 4.78 is 67.6. The maximum Gasteiger partial charge on any atom is 0.197 e. The van der Waals surface area contributed by atoms with Gasteiger partial charge >= 0.3 is 0 Å². The van der Waals surface area contributed by atoms with Crippen molar-refractivity contribution in [1.82, 2.24) is 15.4 Å². The van der Waals surface area contributed by atoms with E-state index >= 15 is 0 Å². The summed E-state index contributed by atoms with van der Waals surface area (Å²) in [6.45, 7) is 3.34. The van der Waals surface area contributed by atoms with Gasteiger partial charge in [0.25, 0.3) is 0 Å². The molecule has 0 unspecified atom stereocenters. The number of hydrogen-bond acceptors (Lipinski definition) is 5. The second kappa shape index (κ2) is 10.7. The molecule has 6 nitrogen and oxygen atoms in total. The number of nitrogens with zero attached hydrogens (tertiary/aromatic N) is 1. The number of nitrogens with one attached hydrogen (secondary N) is 3. The van der Waals surface area contributed by atoms with Crippen LogP contribution in [0.25, 0.3) is 10.9 Å². The first-order chi connectivity index (χ1) is 15.7. The van der Waals surface area contributed by atoms with Gasteiger partial charge in [0.2, 0.25) is 0 Å². The Morgan fingerprint density at radius 3 is 2.48 bits per heavy atom. The first-order valence-electron chi connectivity index (χ1n) is 10.2. The summed E-state index contributed by atoms with van der Waals surface area (Å²) in [7, 11) is 1.95. The fourth-order valence-electron chi connectivity index (χ4n) is 3.07. The van der Waals surface area contributed by atoms with Gasteiger partial charge in [0.05, 0.1) is 24.4 Å². The molecule has 3 aromatic rings. The van der Waals surface area contributed by atoms with Gasteiger partial charge in [-0.3, -0.25) is 9.63 Å². The highest BCUT2D eigenvalue weighted by Crippen LogP contribution is 2.21. The molecule has 0 atom stereocenters. The Labute approximate surface area is 186 Å². The highest BCUT2D eigenvalue weighted by Gasteiger charge is 2.19. The summed E-state index contributed by atoms with van der Waals surface area (Å²) in [5.74, 6) is -7.55. The quantitative estimate of drug-likeness (QED) is 0.138. The molecular formula is C22H23F5N4O2. The molecule has 0 fully saturated rings. The third kappa shape index (κ3) is 5.67. The molecule has 1 aromatic heterocycles. The number of hydrogen-bond donors (Lipinski definition) is 3. The van der Waals surface area contributed by atoms with E-state index in [1.54, 1.807) is 0 Å². The zero-order valence-electron chi connectivity index (χ0n) is 18.0. The van der Waals surface area contributed by atoms with E-state index in [2.05, 4.69) is 20.7 Å². The molecule has 0 spiro atoms. The van der Waals surface area contributed by atoms with Crippen LogP contribution < -0.4 is 16.2 Å². The molecule has 0 aliphatic carbocycles. The Balaban J connectivity index is 1.65. The topological polar surface area (TPSA) is 69.4 Å². The number of hydroxylamine groups is 1. The third-order valence-electron chi connectivity index (χ3n) is 5.16. The number of H-pyrrole nitrogens is 1. The van der Waals surface area contributed by atoms with Gasteiger partial charge < -0.3 is 15.2 Å². The standard InChI is InChI=1S/C22H23F5N4O2/c1-3-31(2)5-4-28-18-8-17-14(7-15(18)23)22(32)13(9-29-17)10-30-33-11-12-6-16(24)20(26)21(27)19(12)25/h6-9,28,30H,3-5,10-11H2,1-2H3,(H,29,32). The first-order valence-corrected chi connectivity index (χ1v) is 10.2. The number of anilines is 1. The van der Waals surface area contributed by atoms with Crippen LogP contribution in [0.15, 0.2) is 29.2 Å². The lowest BCUT2D eigenvalue weighted by Crippen LogP contribution is -2.25. The highest BCUT2D eigenvalue weighted by atomic mass is 19.2. The summed E-state index contributed by atoms with van der Waals surface area (Å²) in [5.41, 5.74) is 2.24. The van der Waals surface area contributed by atoms with E-state index in [-0.39, 0.29) is 23.2 Å². The van der Waals surface area contributed by atoms with E-state index in [0.717, 1.165) is 19.2 Å². The lowest BCUT2D eigenvalue weighted by atomic mass is 10.1. The van der Waals surface area contributed by atoms with Crippen LogP contribution in [0.3, 0.4) is 0 Å². The Morgan fingerprint density at radius 2 is 1.76 bits per heavy atom. The molecule has 3 rings (SSSR count). The average molecular weight is 470 g/mol. The van der Waals surface area contributed by atoms with Crippen LogP contribution in [0.4, 0.5) is 27.6 Å². The third-order valence-corrected chi connectivity index (χ3v) is 5.16. The molecule has 0 amide bonds. The van der Waals surface area contributed by atoms with Gasteiger partial charge in [-0.1, -0.05) is 6.92 Å². The summed E-state index contributed by atoms with van der Waals surface area (Å²) in [6.07, 6.45) is 1.41. The zero-order chi connectivity index (χ0) is 24.1. The minimum atomic E-state index is -1.94. The number of likely N-dealkylation sites (N-methyl/N-ethyl adjacent to an activating group) is 1. The van der Waals surface area contributed by atoms with Crippen molar-refractivity contribution in [2.75, 3.05) is 32.0 Å². The molecule has 0 radical (unpaired) electrons. The molecule has 11 heteroatoms. The molecule has 178 valence electrons. The summed E-state index contributed by atoms with van der Waals surface area (Å²) in [6, 6.07) is 3.11. The number of rotatable bonds is 10. The van der Waals surface area contributed by atoms with Gasteiger partial charge in [-0.05, 0) is 31.8 Å². The van der Waals surface area contributed by atoms with E-state index in [0.29, 0.717) is 18.1 Å². The van der Waals surface area contributed by atoms with Crippen LogP contribution in [0.5, 0.6) is 0 Å². The Hall–Kier alpha value is -3.02. The van der Waals surface area contributed by atoms with Crippen LogP contribution in [-0.4, -0.2) is 36.6 Å². The zero-order valence-corrected chi connectivity index (χ0v) is 18.0. The molecule has 0 saturated carbocycles.